The van der Waals surface area contributed by atoms with Crippen LogP contribution in [-0.4, -0.2) is 13.4 Å². The number of hydrogen-bond acceptors (Lipinski definition) is 3. The van der Waals surface area contributed by atoms with E-state index in [0.717, 1.165) is 40.1 Å². The van der Waals surface area contributed by atoms with Crippen LogP contribution in [0.3, 0.4) is 0 Å². The third kappa shape index (κ3) is 3.42. The van der Waals surface area contributed by atoms with Crippen LogP contribution in [0.1, 0.15) is 0 Å². The Morgan fingerprint density at radius 2 is 0.854 bits per heavy atom. The standard InChI is InChI=1S/C36H23B2NO2/c1-2-11-26(12-3-1)39-27-17-19-35-31(22-27)37(29-13-4-6-15-33(29)40-35)24-9-8-10-25(21-24)38-30-14-5-7-16-34(30)41-36-20-18-28(39)23-32(36)38/h1-23H. The molecule has 0 fully saturated rings. The van der Waals surface area contributed by atoms with Crippen molar-refractivity contribution in [3.8, 4) is 23.0 Å². The van der Waals surface area contributed by atoms with Crippen molar-refractivity contribution in [2.24, 2.45) is 0 Å². The maximum atomic E-state index is 6.50. The molecule has 0 aromatic heterocycles. The van der Waals surface area contributed by atoms with Crippen LogP contribution in [-0.2, 0) is 0 Å². The van der Waals surface area contributed by atoms with E-state index in [0.29, 0.717) is 0 Å². The second-order valence-electron chi connectivity index (χ2n) is 10.9. The van der Waals surface area contributed by atoms with Crippen LogP contribution in [0.15, 0.2) is 140 Å². The molecule has 0 N–H and O–H groups in total. The molecular formula is C36H23B2NO2. The Kier molecular flexibility index (Phi) is 4.79. The van der Waals surface area contributed by atoms with Crippen LogP contribution in [0.5, 0.6) is 23.0 Å². The minimum atomic E-state index is 0.0415. The summed E-state index contributed by atoms with van der Waals surface area (Å²) in [5.74, 6) is 3.64. The zero-order valence-corrected chi connectivity index (χ0v) is 22.2. The van der Waals surface area contributed by atoms with E-state index in [2.05, 4.69) is 132 Å². The lowest BCUT2D eigenvalue weighted by molar-refractivity contribution is 0.487. The quantitative estimate of drug-likeness (QED) is 0.291. The highest BCUT2D eigenvalue weighted by Gasteiger charge is 2.37. The van der Waals surface area contributed by atoms with E-state index in [-0.39, 0.29) is 13.4 Å². The third-order valence-electron chi connectivity index (χ3n) is 8.62. The van der Waals surface area contributed by atoms with Gasteiger partial charge in [-0.05, 0) is 82.5 Å². The zero-order chi connectivity index (χ0) is 26.9. The van der Waals surface area contributed by atoms with Crippen LogP contribution in [0, 0.1) is 0 Å². The molecule has 190 valence electrons. The molecule has 5 heteroatoms. The molecule has 0 aliphatic carbocycles. The van der Waals surface area contributed by atoms with Gasteiger partial charge in [0.15, 0.2) is 0 Å². The Hall–Kier alpha value is -5.15. The highest BCUT2D eigenvalue weighted by atomic mass is 16.5. The molecule has 3 aliphatic heterocycles. The molecule has 3 aliphatic rings. The number of fused-ring (bicyclic) bond motifs is 10. The first kappa shape index (κ1) is 22.6. The third-order valence-corrected chi connectivity index (χ3v) is 8.62. The van der Waals surface area contributed by atoms with Gasteiger partial charge in [0, 0.05) is 17.1 Å². The van der Waals surface area contributed by atoms with Crippen molar-refractivity contribution in [1.29, 1.82) is 0 Å². The maximum Gasteiger partial charge on any atom is 0.251 e. The summed E-state index contributed by atoms with van der Waals surface area (Å²) in [5.41, 5.74) is 10.5. The molecule has 3 heterocycles. The molecule has 6 aromatic rings. The van der Waals surface area contributed by atoms with Gasteiger partial charge in [0.05, 0.1) is 0 Å². The Balaban J connectivity index is 1.39. The Morgan fingerprint density at radius 1 is 0.366 bits per heavy atom. The van der Waals surface area contributed by atoms with E-state index in [1.807, 2.05) is 12.1 Å². The van der Waals surface area contributed by atoms with E-state index >= 15 is 0 Å². The summed E-state index contributed by atoms with van der Waals surface area (Å²) >= 11 is 0. The van der Waals surface area contributed by atoms with Crippen molar-refractivity contribution in [3.63, 3.8) is 0 Å². The molecule has 3 nitrogen and oxygen atoms in total. The Labute approximate surface area is 239 Å². The van der Waals surface area contributed by atoms with Gasteiger partial charge in [-0.1, -0.05) is 89.8 Å². The lowest BCUT2D eigenvalue weighted by atomic mass is 9.32. The van der Waals surface area contributed by atoms with Gasteiger partial charge < -0.3 is 14.4 Å². The average molecular weight is 523 g/mol. The number of rotatable bonds is 1. The van der Waals surface area contributed by atoms with Crippen molar-refractivity contribution in [2.45, 2.75) is 0 Å². The first-order valence-electron chi connectivity index (χ1n) is 14.1. The van der Waals surface area contributed by atoms with E-state index in [9.17, 15) is 0 Å². The van der Waals surface area contributed by atoms with Gasteiger partial charge in [-0.15, -0.1) is 0 Å². The fraction of sp³-hybridized carbons (Fsp3) is 0. The van der Waals surface area contributed by atoms with Crippen molar-refractivity contribution in [1.82, 2.24) is 0 Å². The van der Waals surface area contributed by atoms with Gasteiger partial charge in [0.2, 0.25) is 0 Å². The number of anilines is 3. The van der Waals surface area contributed by atoms with E-state index in [4.69, 9.17) is 9.47 Å². The Bertz CT molecular complexity index is 1870. The minimum absolute atomic E-state index is 0.0415. The average Bonchev–Trinajstić information content (AvgIpc) is 3.03. The fourth-order valence-electron chi connectivity index (χ4n) is 6.84. The molecule has 0 saturated carbocycles. The van der Waals surface area contributed by atoms with Crippen molar-refractivity contribution in [3.05, 3.63) is 140 Å². The number of hydrogen-bond donors (Lipinski definition) is 0. The normalized spacial score (nSPS) is 13.6. The first-order chi connectivity index (χ1) is 20.3. The van der Waals surface area contributed by atoms with Crippen LogP contribution >= 0.6 is 0 Å². The van der Waals surface area contributed by atoms with Crippen LogP contribution < -0.4 is 47.2 Å². The molecule has 0 saturated heterocycles. The summed E-state index contributed by atoms with van der Waals surface area (Å²) in [5, 5.41) is 0. The summed E-state index contributed by atoms with van der Waals surface area (Å²) in [6.45, 7) is 0.0830. The summed E-state index contributed by atoms with van der Waals surface area (Å²) in [6, 6.07) is 49.8. The molecule has 0 amide bonds. The van der Waals surface area contributed by atoms with Gasteiger partial charge in [-0.25, -0.2) is 0 Å². The number of benzene rings is 6. The molecule has 9 rings (SSSR count). The maximum absolute atomic E-state index is 6.50. The van der Waals surface area contributed by atoms with Gasteiger partial charge in [0.1, 0.15) is 23.0 Å². The van der Waals surface area contributed by atoms with Crippen LogP contribution in [0.2, 0.25) is 0 Å². The Morgan fingerprint density at radius 3 is 1.41 bits per heavy atom. The highest BCUT2D eigenvalue weighted by molar-refractivity contribution is 6.99. The monoisotopic (exact) mass is 523 g/mol. The molecule has 0 spiro atoms. The van der Waals surface area contributed by atoms with Gasteiger partial charge in [-0.3, -0.25) is 0 Å². The number of nitrogens with zero attached hydrogens (tertiary/aromatic N) is 1. The lowest BCUT2D eigenvalue weighted by Gasteiger charge is -2.33. The minimum Gasteiger partial charge on any atom is -0.458 e. The van der Waals surface area contributed by atoms with Crippen molar-refractivity contribution in [2.75, 3.05) is 4.90 Å². The van der Waals surface area contributed by atoms with Crippen molar-refractivity contribution < 1.29 is 9.47 Å². The predicted octanol–water partition coefficient (Wildman–Crippen LogP) is 4.71. The van der Waals surface area contributed by atoms with Crippen LogP contribution in [0.25, 0.3) is 0 Å². The van der Waals surface area contributed by atoms with Crippen molar-refractivity contribution >= 4 is 63.3 Å². The number of ether oxygens (including phenoxy) is 2. The molecule has 41 heavy (non-hydrogen) atoms. The summed E-state index contributed by atoms with van der Waals surface area (Å²) < 4.78 is 13.0. The summed E-state index contributed by atoms with van der Waals surface area (Å²) in [6.07, 6.45) is 0. The molecular weight excluding hydrogens is 500 g/mol. The molecule has 0 radical (unpaired) electrons. The predicted molar refractivity (Wildman–Crippen MR) is 170 cm³/mol. The topological polar surface area (TPSA) is 21.7 Å². The smallest absolute Gasteiger partial charge is 0.251 e. The van der Waals surface area contributed by atoms with E-state index in [1.54, 1.807) is 0 Å². The molecule has 6 bridgehead atoms. The highest BCUT2D eigenvalue weighted by Crippen LogP contribution is 2.38. The van der Waals surface area contributed by atoms with Gasteiger partial charge in [0.25, 0.3) is 13.4 Å². The van der Waals surface area contributed by atoms with Gasteiger partial charge in [-0.2, -0.15) is 0 Å². The molecule has 6 aromatic carbocycles. The van der Waals surface area contributed by atoms with E-state index < -0.39 is 0 Å². The lowest BCUT2D eigenvalue weighted by Crippen LogP contribution is -2.59. The first-order valence-corrected chi connectivity index (χ1v) is 14.1. The molecule has 0 atom stereocenters. The summed E-state index contributed by atoms with van der Waals surface area (Å²) in [7, 11) is 0. The van der Waals surface area contributed by atoms with Gasteiger partial charge >= 0.3 is 0 Å². The summed E-state index contributed by atoms with van der Waals surface area (Å²) in [4.78, 5) is 2.34. The molecule has 0 unspecified atom stereocenters. The fourth-order valence-corrected chi connectivity index (χ4v) is 6.84. The number of para-hydroxylation sites is 3. The second-order valence-corrected chi connectivity index (χ2v) is 10.9. The van der Waals surface area contributed by atoms with Crippen LogP contribution in [0.4, 0.5) is 17.1 Å². The van der Waals surface area contributed by atoms with E-state index in [1.165, 1.54) is 32.8 Å². The second kappa shape index (κ2) is 8.67. The SMILES string of the molecule is c1ccc(N2c3ccc4c(c3)B(c3cccc(c3)B3c5ccccc5Oc5ccc2cc53)c2ccccc2O4)cc1. The largest absolute Gasteiger partial charge is 0.458 e. The zero-order valence-electron chi connectivity index (χ0n) is 22.2.